The van der Waals surface area contributed by atoms with Gasteiger partial charge >= 0.3 is 76.5 Å². The monoisotopic (exact) mass is 905 g/mol. The van der Waals surface area contributed by atoms with E-state index in [1.165, 1.54) is 10.7 Å². The van der Waals surface area contributed by atoms with Gasteiger partial charge in [0.15, 0.2) is 0 Å². The first kappa shape index (κ1) is 49.6. The number of hydrogen-bond acceptors (Lipinski definition) is 16. The Bertz CT molecular complexity index is 3030. The summed E-state index contributed by atoms with van der Waals surface area (Å²) >= 11 is 0. The zero-order valence-corrected chi connectivity index (χ0v) is 38.2. The summed E-state index contributed by atoms with van der Waals surface area (Å²) in [5, 5.41) is 85.4. The van der Waals surface area contributed by atoms with E-state index in [9.17, 15) is 51.9 Å². The molecule has 0 saturated heterocycles. The Labute approximate surface area is 395 Å². The summed E-state index contributed by atoms with van der Waals surface area (Å²) in [6.45, 7) is 1.58. The molecule has 1 radical (unpaired) electrons. The zero-order valence-electron chi connectivity index (χ0n) is 31.3. The van der Waals surface area contributed by atoms with E-state index in [1.54, 1.807) is 67.6 Å². The SMILES string of the molecule is Cc1nn(-c2ccccc2)c([O-])c1N=Nc1cc(S(N)(=O)=O)ccc1[O-].O=[N+]([O-])c1ccc2c(N=Nc3c([O-])ccc4ccccc34)c([O-])cc(S(=O)(=O)[O-])c2c1.[Cr+3].[Na+].[Na+]. The van der Waals surface area contributed by atoms with Crippen molar-refractivity contribution in [3.8, 4) is 28.8 Å². The number of nitrogens with two attached hydrogens (primary N) is 1. The molecular weight excluding hydrogens is 883 g/mol. The van der Waals surface area contributed by atoms with E-state index in [2.05, 4.69) is 25.6 Å². The van der Waals surface area contributed by atoms with Gasteiger partial charge in [0.05, 0.1) is 43.2 Å². The van der Waals surface area contributed by atoms with Gasteiger partial charge in [0.25, 0.3) is 5.69 Å². The Morgan fingerprint density at radius 3 is 1.90 bits per heavy atom. The molecule has 7 aromatic rings. The molecule has 0 aliphatic rings. The molecule has 7 rings (SSSR count). The van der Waals surface area contributed by atoms with Crippen molar-refractivity contribution in [1.82, 2.24) is 9.78 Å². The van der Waals surface area contributed by atoms with Crippen molar-refractivity contribution in [2.45, 2.75) is 16.7 Å². The van der Waals surface area contributed by atoms with Crippen molar-refractivity contribution in [3.05, 3.63) is 125 Å². The fourth-order valence-electron chi connectivity index (χ4n) is 5.42. The van der Waals surface area contributed by atoms with Gasteiger partial charge in [-0.05, 0) is 48.7 Å². The van der Waals surface area contributed by atoms with Crippen LogP contribution < -0.4 is 84.7 Å². The van der Waals surface area contributed by atoms with Crippen molar-refractivity contribution in [2.75, 3.05) is 0 Å². The van der Waals surface area contributed by atoms with Gasteiger partial charge in [0.1, 0.15) is 15.8 Å². The van der Waals surface area contributed by atoms with Crippen LogP contribution in [0.4, 0.5) is 28.4 Å². The minimum atomic E-state index is -5.11. The third-order valence-corrected chi connectivity index (χ3v) is 9.91. The van der Waals surface area contributed by atoms with E-state index >= 15 is 0 Å². The van der Waals surface area contributed by atoms with Crippen LogP contribution in [-0.2, 0) is 37.5 Å². The van der Waals surface area contributed by atoms with Crippen LogP contribution >= 0.6 is 0 Å². The van der Waals surface area contributed by atoms with Crippen LogP contribution in [0, 0.1) is 17.0 Å². The van der Waals surface area contributed by atoms with E-state index in [4.69, 9.17) is 5.14 Å². The zero-order chi connectivity index (χ0) is 41.2. The molecule has 0 bridgehead atoms. The fraction of sp³-hybridized carbons (Fsp3) is 0.0278. The first-order valence-electron chi connectivity index (χ1n) is 16.0. The van der Waals surface area contributed by atoms with Crippen LogP contribution in [0.25, 0.3) is 27.2 Å². The predicted molar refractivity (Wildman–Crippen MR) is 195 cm³/mol. The van der Waals surface area contributed by atoms with E-state index in [-0.39, 0.29) is 115 Å². The van der Waals surface area contributed by atoms with Crippen LogP contribution in [0.15, 0.2) is 139 Å². The molecule has 6 aromatic carbocycles. The molecule has 0 saturated carbocycles. The molecule has 0 unspecified atom stereocenters. The van der Waals surface area contributed by atoms with Gasteiger partial charge in [0, 0.05) is 34.2 Å². The molecule has 0 atom stereocenters. The summed E-state index contributed by atoms with van der Waals surface area (Å²) in [7, 11) is -9.10. The number of para-hydroxylation sites is 1. The molecule has 1 aromatic heterocycles. The Hall–Kier alpha value is -4.80. The number of hydrogen-bond donors (Lipinski definition) is 1. The second-order valence-electron chi connectivity index (χ2n) is 11.9. The number of aryl methyl sites for hydroxylation is 1. The Balaban J connectivity index is 0.000000309. The molecule has 1 heterocycles. The first-order valence-corrected chi connectivity index (χ1v) is 19.0. The number of nitrogens with zero attached hydrogens (tertiary/aromatic N) is 7. The van der Waals surface area contributed by atoms with Crippen LogP contribution in [0.1, 0.15) is 5.69 Å². The number of nitro benzene ring substituents is 1. The van der Waals surface area contributed by atoms with Gasteiger partial charge in [-0.3, -0.25) is 10.1 Å². The molecule has 0 amide bonds. The van der Waals surface area contributed by atoms with Gasteiger partial charge < -0.3 is 25.0 Å². The summed E-state index contributed by atoms with van der Waals surface area (Å²) in [6, 6.07) is 25.2. The Kier molecular flexibility index (Phi) is 16.7. The molecule has 19 nitrogen and oxygen atoms in total. The number of rotatable bonds is 8. The molecule has 2 N–H and O–H groups in total. The molecule has 0 spiro atoms. The molecular formula is C36H23CrN8Na2O11S2. The van der Waals surface area contributed by atoms with E-state index < -0.39 is 58.8 Å². The van der Waals surface area contributed by atoms with Crippen molar-refractivity contribution < 1.29 is 123 Å². The van der Waals surface area contributed by atoms with Gasteiger partial charge in [-0.1, -0.05) is 77.9 Å². The molecule has 60 heavy (non-hydrogen) atoms. The standard InChI is InChI=1S/C20H13N3O7S.C16H15N5O4S.Cr.2Na/c24-16-8-5-11-3-1-2-4-13(11)19(16)21-22-20-14-7-6-12(23(26)27)9-15(14)18(10-17(20)25)31(28,29)30;1-10-15(16(23)21(20-10)11-5-3-2-4-6-11)19-18-13-9-12(26(17,24)25)7-8-14(13)22;;;/h1-10,24-25H,(H,28,29,30);2-9,22-23H,1H3,(H2,17,24,25);;;/q;;+3;2*+1/p-5. The second kappa shape index (κ2) is 20.2. The first-order chi connectivity index (χ1) is 26.9. The topological polar surface area (TPSA) is 320 Å². The van der Waals surface area contributed by atoms with Crippen molar-refractivity contribution in [3.63, 3.8) is 0 Å². The third-order valence-electron chi connectivity index (χ3n) is 8.12. The molecule has 24 heteroatoms. The van der Waals surface area contributed by atoms with Crippen molar-refractivity contribution in [2.24, 2.45) is 25.6 Å². The number of non-ortho nitro benzene ring substituents is 1. The van der Waals surface area contributed by atoms with Gasteiger partial charge in [-0.25, -0.2) is 26.7 Å². The summed E-state index contributed by atoms with van der Waals surface area (Å²) in [5.74, 6) is -2.45. The summed E-state index contributed by atoms with van der Waals surface area (Å²) in [6.07, 6.45) is 0. The molecule has 293 valence electrons. The summed E-state index contributed by atoms with van der Waals surface area (Å²) in [4.78, 5) is 9.13. The Morgan fingerprint density at radius 2 is 1.27 bits per heavy atom. The van der Waals surface area contributed by atoms with Crippen molar-refractivity contribution in [1.29, 1.82) is 0 Å². The molecule has 0 aliphatic carbocycles. The average Bonchev–Trinajstić information content (AvgIpc) is 3.45. The van der Waals surface area contributed by atoms with Gasteiger partial charge in [0.2, 0.25) is 10.0 Å². The number of fused-ring (bicyclic) bond motifs is 2. The normalized spacial score (nSPS) is 11.4. The number of primary sulfonamides is 1. The van der Waals surface area contributed by atoms with E-state index in [1.807, 2.05) is 0 Å². The van der Waals surface area contributed by atoms with Crippen LogP contribution in [0.2, 0.25) is 0 Å². The smallest absolute Gasteiger partial charge is 0.871 e. The Morgan fingerprint density at radius 1 is 0.667 bits per heavy atom. The van der Waals surface area contributed by atoms with Crippen LogP contribution in [0.3, 0.4) is 0 Å². The molecule has 0 fully saturated rings. The number of benzene rings is 6. The predicted octanol–water partition coefficient (Wildman–Crippen LogP) is -1.24. The number of nitro groups is 1. The summed E-state index contributed by atoms with van der Waals surface area (Å²) in [5.41, 5.74) is -0.287. The molecule has 0 aliphatic heterocycles. The largest absolute Gasteiger partial charge is 3.00 e. The van der Waals surface area contributed by atoms with Crippen molar-refractivity contribution >= 4 is 70.1 Å². The number of aromatic nitrogens is 2. The third kappa shape index (κ3) is 10.9. The number of azo groups is 2. The fourth-order valence-corrected chi connectivity index (χ4v) is 6.64. The minimum Gasteiger partial charge on any atom is -0.871 e. The maximum absolute atomic E-state index is 12.5. The number of sulfonamides is 1. The quantitative estimate of drug-likeness (QED) is 0.0616. The maximum atomic E-state index is 12.5. The van der Waals surface area contributed by atoms with Gasteiger partial charge in [-0.2, -0.15) is 20.4 Å². The van der Waals surface area contributed by atoms with E-state index in [0.717, 1.165) is 36.4 Å². The van der Waals surface area contributed by atoms with Gasteiger partial charge in [-0.15, -0.1) is 5.11 Å². The second-order valence-corrected chi connectivity index (χ2v) is 14.8. The van der Waals surface area contributed by atoms with Crippen LogP contribution in [-0.4, -0.2) is 36.1 Å². The summed E-state index contributed by atoms with van der Waals surface area (Å²) < 4.78 is 58.7. The minimum absolute atomic E-state index is 0. The van der Waals surface area contributed by atoms with Crippen LogP contribution in [0.5, 0.6) is 23.1 Å². The maximum Gasteiger partial charge on any atom is 3.00 e. The van der Waals surface area contributed by atoms with E-state index in [0.29, 0.717) is 28.2 Å². The average molecular weight is 906 g/mol.